The van der Waals surface area contributed by atoms with Crippen LogP contribution in [0.25, 0.3) is 0 Å². The number of amides is 2. The third-order valence-electron chi connectivity index (χ3n) is 8.75. The molecule has 6 bridgehead atoms. The van der Waals surface area contributed by atoms with Gasteiger partial charge < -0.3 is 20.1 Å². The van der Waals surface area contributed by atoms with Crippen molar-refractivity contribution in [3.63, 3.8) is 0 Å². The molecular weight excluding hydrogens is 376 g/mol. The van der Waals surface area contributed by atoms with E-state index < -0.39 is 5.60 Å². The van der Waals surface area contributed by atoms with Crippen LogP contribution in [0.5, 0.6) is 5.75 Å². The molecule has 0 radical (unpaired) electrons. The normalized spacial score (nSPS) is 43.7. The van der Waals surface area contributed by atoms with Crippen molar-refractivity contribution in [1.29, 1.82) is 0 Å². The molecule has 4 aliphatic carbocycles. The molecule has 5 heteroatoms. The lowest BCUT2D eigenvalue weighted by Gasteiger charge is -2.58. The Morgan fingerprint density at radius 1 is 1.10 bits per heavy atom. The van der Waals surface area contributed by atoms with Gasteiger partial charge in [0.25, 0.3) is 0 Å². The first kappa shape index (κ1) is 19.0. The summed E-state index contributed by atoms with van der Waals surface area (Å²) in [5, 5.41) is 14.3. The van der Waals surface area contributed by atoms with Crippen molar-refractivity contribution in [3.05, 3.63) is 29.8 Å². The van der Waals surface area contributed by atoms with Gasteiger partial charge in [0.15, 0.2) is 0 Å². The Labute approximate surface area is 179 Å². The summed E-state index contributed by atoms with van der Waals surface area (Å²) < 4.78 is 6.30. The zero-order chi connectivity index (χ0) is 20.5. The lowest BCUT2D eigenvalue weighted by Crippen LogP contribution is -2.64. The Morgan fingerprint density at radius 3 is 2.43 bits per heavy atom. The van der Waals surface area contributed by atoms with Gasteiger partial charge in [-0.3, -0.25) is 0 Å². The largest absolute Gasteiger partial charge is 0.490 e. The highest BCUT2D eigenvalue weighted by Crippen LogP contribution is 2.55. The second-order valence-corrected chi connectivity index (χ2v) is 11.0. The highest BCUT2D eigenvalue weighted by Gasteiger charge is 2.55. The molecule has 6 aliphatic rings. The fourth-order valence-electron chi connectivity index (χ4n) is 7.87. The van der Waals surface area contributed by atoms with Crippen LogP contribution in [0.3, 0.4) is 0 Å². The Bertz CT molecular complexity index is 811. The number of piperidine rings is 1. The smallest absolute Gasteiger partial charge is 0.318 e. The van der Waals surface area contributed by atoms with Crippen LogP contribution in [-0.4, -0.2) is 45.9 Å². The summed E-state index contributed by atoms with van der Waals surface area (Å²) in [5.41, 5.74) is 0.773. The molecule has 2 saturated heterocycles. The summed E-state index contributed by atoms with van der Waals surface area (Å²) in [6, 6.07) is 9.25. The van der Waals surface area contributed by atoms with Gasteiger partial charge in [0.2, 0.25) is 0 Å². The molecule has 0 spiro atoms. The van der Waals surface area contributed by atoms with Crippen molar-refractivity contribution < 1.29 is 14.6 Å². The van der Waals surface area contributed by atoms with Gasteiger partial charge in [-0.1, -0.05) is 12.1 Å². The average molecular weight is 411 g/mol. The van der Waals surface area contributed by atoms with Crippen molar-refractivity contribution in [2.75, 3.05) is 0 Å². The number of ether oxygens (including phenoxy) is 1. The zero-order valence-electron chi connectivity index (χ0n) is 17.9. The molecule has 162 valence electrons. The molecule has 6 fully saturated rings. The summed E-state index contributed by atoms with van der Waals surface area (Å²) in [6.45, 7) is 2.09. The van der Waals surface area contributed by atoms with E-state index in [1.54, 1.807) is 0 Å². The Balaban J connectivity index is 1.11. The van der Waals surface area contributed by atoms with Crippen LogP contribution in [0.1, 0.15) is 63.4 Å². The van der Waals surface area contributed by atoms with E-state index in [9.17, 15) is 9.90 Å². The predicted octanol–water partition coefficient (Wildman–Crippen LogP) is 4.02. The van der Waals surface area contributed by atoms with Crippen LogP contribution >= 0.6 is 0 Å². The number of rotatable bonds is 3. The maximum Gasteiger partial charge on any atom is 0.318 e. The predicted molar refractivity (Wildman–Crippen MR) is 114 cm³/mol. The zero-order valence-corrected chi connectivity index (χ0v) is 17.9. The summed E-state index contributed by atoms with van der Waals surface area (Å²) >= 11 is 0. The number of aliphatic hydroxyl groups is 1. The number of urea groups is 1. The molecule has 30 heavy (non-hydrogen) atoms. The Hall–Kier alpha value is -1.75. The van der Waals surface area contributed by atoms with E-state index in [2.05, 4.69) is 29.3 Å². The third-order valence-corrected chi connectivity index (χ3v) is 8.75. The standard InChI is InChI=1S/C25H34N2O3/c1-15-3-2-4-21(7-15)30-22-10-19-5-6-20(11-22)27(19)24(28)26-23-17-8-16-9-18(23)14-25(29,12-16)13-17/h2-4,7,16-20,22-23,29H,5-6,8-14H2,1H3,(H,26,28)/t16?,17?,18?,19-,20+,22+,23?,25?. The van der Waals surface area contributed by atoms with Crippen LogP contribution < -0.4 is 10.1 Å². The molecule has 2 unspecified atom stereocenters. The maximum absolute atomic E-state index is 13.4. The van der Waals surface area contributed by atoms with E-state index in [1.807, 2.05) is 12.1 Å². The summed E-state index contributed by atoms with van der Waals surface area (Å²) in [4.78, 5) is 15.5. The van der Waals surface area contributed by atoms with Crippen LogP contribution in [0.2, 0.25) is 0 Å². The molecule has 4 saturated carbocycles. The van der Waals surface area contributed by atoms with Gasteiger partial charge in [0.1, 0.15) is 11.9 Å². The highest BCUT2D eigenvalue weighted by atomic mass is 16.5. The lowest BCUT2D eigenvalue weighted by molar-refractivity contribution is -0.137. The minimum atomic E-state index is -0.442. The van der Waals surface area contributed by atoms with E-state index in [0.717, 1.165) is 50.7 Å². The fraction of sp³-hybridized carbons (Fsp3) is 0.720. The van der Waals surface area contributed by atoms with Gasteiger partial charge in [-0.15, -0.1) is 0 Å². The first-order valence-electron chi connectivity index (χ1n) is 12.0. The topological polar surface area (TPSA) is 61.8 Å². The number of fused-ring (bicyclic) bond motifs is 2. The molecular formula is C25H34N2O3. The molecule has 2 amide bonds. The minimum Gasteiger partial charge on any atom is -0.490 e. The number of carbonyl (C=O) groups excluding carboxylic acids is 1. The number of hydrogen-bond acceptors (Lipinski definition) is 3. The molecule has 2 N–H and O–H groups in total. The van der Waals surface area contributed by atoms with Gasteiger partial charge >= 0.3 is 6.03 Å². The Kier molecular flexibility index (Phi) is 4.35. The van der Waals surface area contributed by atoms with E-state index in [1.165, 1.54) is 18.4 Å². The van der Waals surface area contributed by atoms with Crippen molar-refractivity contribution >= 4 is 6.03 Å². The van der Waals surface area contributed by atoms with Crippen LogP contribution in [0.4, 0.5) is 4.79 Å². The molecule has 1 aromatic carbocycles. The molecule has 2 aliphatic heterocycles. The molecule has 2 heterocycles. The van der Waals surface area contributed by atoms with Crippen LogP contribution in [0, 0.1) is 24.7 Å². The monoisotopic (exact) mass is 410 g/mol. The first-order chi connectivity index (χ1) is 14.5. The number of nitrogens with one attached hydrogen (secondary N) is 1. The van der Waals surface area contributed by atoms with Crippen molar-refractivity contribution in [1.82, 2.24) is 10.2 Å². The van der Waals surface area contributed by atoms with E-state index in [-0.39, 0.29) is 18.2 Å². The molecule has 5 atom stereocenters. The van der Waals surface area contributed by atoms with Gasteiger partial charge in [0.05, 0.1) is 5.60 Å². The second-order valence-electron chi connectivity index (χ2n) is 11.0. The van der Waals surface area contributed by atoms with Crippen LogP contribution in [-0.2, 0) is 0 Å². The van der Waals surface area contributed by atoms with Crippen molar-refractivity contribution in [2.45, 2.75) is 94.5 Å². The number of nitrogens with zero attached hydrogens (tertiary/aromatic N) is 1. The minimum absolute atomic E-state index is 0.140. The third kappa shape index (κ3) is 3.21. The highest BCUT2D eigenvalue weighted by molar-refractivity contribution is 5.76. The number of hydrogen-bond donors (Lipinski definition) is 2. The second kappa shape index (κ2) is 6.88. The van der Waals surface area contributed by atoms with E-state index in [0.29, 0.717) is 29.8 Å². The van der Waals surface area contributed by atoms with Gasteiger partial charge in [-0.05, 0) is 87.3 Å². The summed E-state index contributed by atoms with van der Waals surface area (Å²) in [5.74, 6) is 2.55. The first-order valence-corrected chi connectivity index (χ1v) is 12.0. The van der Waals surface area contributed by atoms with Crippen molar-refractivity contribution in [3.8, 4) is 5.75 Å². The van der Waals surface area contributed by atoms with E-state index in [4.69, 9.17) is 4.74 Å². The summed E-state index contributed by atoms with van der Waals surface area (Å²) in [7, 11) is 0. The SMILES string of the molecule is Cc1cccc(O[C@H]2C[C@H]3CC[C@@H](C2)N3C(=O)NC2C3CC4CC2CC(O)(C4)C3)c1. The number of benzene rings is 1. The summed E-state index contributed by atoms with van der Waals surface area (Å²) in [6.07, 6.45) is 9.34. The molecule has 7 rings (SSSR count). The van der Waals surface area contributed by atoms with Gasteiger partial charge in [0, 0.05) is 31.0 Å². The number of carbonyl (C=O) groups is 1. The van der Waals surface area contributed by atoms with Crippen molar-refractivity contribution in [2.24, 2.45) is 17.8 Å². The van der Waals surface area contributed by atoms with Crippen LogP contribution in [0.15, 0.2) is 24.3 Å². The molecule has 5 nitrogen and oxygen atoms in total. The fourth-order valence-corrected chi connectivity index (χ4v) is 7.87. The Morgan fingerprint density at radius 2 is 1.80 bits per heavy atom. The van der Waals surface area contributed by atoms with Gasteiger partial charge in [-0.25, -0.2) is 4.79 Å². The number of aryl methyl sites for hydroxylation is 1. The average Bonchev–Trinajstić information content (AvgIpc) is 2.94. The lowest BCUT2D eigenvalue weighted by atomic mass is 9.52. The van der Waals surface area contributed by atoms with E-state index >= 15 is 0 Å². The maximum atomic E-state index is 13.4. The molecule has 1 aromatic rings. The van der Waals surface area contributed by atoms with Gasteiger partial charge in [-0.2, -0.15) is 0 Å². The quantitative estimate of drug-likeness (QED) is 0.791. The molecule has 0 aromatic heterocycles.